The van der Waals surface area contributed by atoms with Crippen molar-refractivity contribution < 1.29 is 18.3 Å². The van der Waals surface area contributed by atoms with Crippen molar-refractivity contribution in [3.05, 3.63) is 30.1 Å². The number of rotatable bonds is 1. The topological polar surface area (TPSA) is 58.6 Å². The first kappa shape index (κ1) is 17.3. The van der Waals surface area contributed by atoms with Crippen LogP contribution < -0.4 is 4.90 Å². The molecule has 0 unspecified atom stereocenters. The number of nitrogens with zero attached hydrogens (tertiary/aromatic N) is 4. The van der Waals surface area contributed by atoms with Crippen LogP contribution in [-0.2, 0) is 4.74 Å². The van der Waals surface area contributed by atoms with Gasteiger partial charge in [-0.25, -0.2) is 23.5 Å². The van der Waals surface area contributed by atoms with Crippen LogP contribution in [0.15, 0.2) is 18.5 Å². The summed E-state index contributed by atoms with van der Waals surface area (Å²) in [6.07, 6.45) is 0.899. The Morgan fingerprint density at radius 1 is 1.12 bits per heavy atom. The molecule has 2 heterocycles. The monoisotopic (exact) mass is 350 g/mol. The van der Waals surface area contributed by atoms with Crippen LogP contribution in [0.5, 0.6) is 0 Å². The van der Waals surface area contributed by atoms with Crippen molar-refractivity contribution in [3.63, 3.8) is 0 Å². The minimum Gasteiger partial charge on any atom is -0.444 e. The average Bonchev–Trinajstić information content (AvgIpc) is 2.53. The molecule has 0 spiro atoms. The van der Waals surface area contributed by atoms with E-state index in [9.17, 15) is 13.6 Å². The zero-order valence-corrected chi connectivity index (χ0v) is 14.4. The van der Waals surface area contributed by atoms with E-state index in [-0.39, 0.29) is 11.6 Å². The van der Waals surface area contributed by atoms with Crippen LogP contribution in [0.2, 0.25) is 0 Å². The Morgan fingerprint density at radius 3 is 2.44 bits per heavy atom. The number of fused-ring (bicyclic) bond motifs is 1. The quantitative estimate of drug-likeness (QED) is 0.791. The Labute approximate surface area is 144 Å². The molecule has 0 radical (unpaired) electrons. The maximum atomic E-state index is 13.9. The van der Waals surface area contributed by atoms with E-state index >= 15 is 0 Å². The van der Waals surface area contributed by atoms with Gasteiger partial charge in [-0.05, 0) is 26.8 Å². The predicted molar refractivity (Wildman–Crippen MR) is 89.5 cm³/mol. The van der Waals surface area contributed by atoms with E-state index in [0.29, 0.717) is 37.4 Å². The molecule has 0 saturated carbocycles. The highest BCUT2D eigenvalue weighted by Crippen LogP contribution is 2.26. The van der Waals surface area contributed by atoms with Gasteiger partial charge in [-0.1, -0.05) is 0 Å². The van der Waals surface area contributed by atoms with E-state index in [0.717, 1.165) is 6.07 Å². The summed E-state index contributed by atoms with van der Waals surface area (Å²) in [7, 11) is 0. The molecule has 8 heteroatoms. The molecular weight excluding hydrogens is 330 g/mol. The predicted octanol–water partition coefficient (Wildman–Crippen LogP) is 2.97. The van der Waals surface area contributed by atoms with Gasteiger partial charge in [-0.2, -0.15) is 0 Å². The Kier molecular flexibility index (Phi) is 4.45. The largest absolute Gasteiger partial charge is 0.444 e. The molecule has 0 atom stereocenters. The van der Waals surface area contributed by atoms with Gasteiger partial charge in [0.05, 0.1) is 0 Å². The highest BCUT2D eigenvalue weighted by molar-refractivity contribution is 5.89. The third-order valence-corrected chi connectivity index (χ3v) is 3.87. The summed E-state index contributed by atoms with van der Waals surface area (Å²) in [6.45, 7) is 7.31. The van der Waals surface area contributed by atoms with Crippen molar-refractivity contribution in [2.24, 2.45) is 0 Å². The van der Waals surface area contributed by atoms with E-state index in [2.05, 4.69) is 9.97 Å². The van der Waals surface area contributed by atoms with Crippen LogP contribution in [0.25, 0.3) is 10.9 Å². The number of carbonyl (C=O) groups is 1. The van der Waals surface area contributed by atoms with Crippen molar-refractivity contribution in [3.8, 4) is 0 Å². The lowest BCUT2D eigenvalue weighted by Gasteiger charge is -2.36. The van der Waals surface area contributed by atoms with E-state index in [1.807, 2.05) is 25.7 Å². The van der Waals surface area contributed by atoms with Crippen LogP contribution in [0.1, 0.15) is 20.8 Å². The molecule has 6 nitrogen and oxygen atoms in total. The van der Waals surface area contributed by atoms with E-state index < -0.39 is 17.2 Å². The number of hydrogen-bond donors (Lipinski definition) is 0. The Hall–Kier alpha value is -2.51. The Morgan fingerprint density at radius 2 is 1.80 bits per heavy atom. The number of carbonyl (C=O) groups excluding carboxylic acids is 1. The number of aromatic nitrogens is 2. The van der Waals surface area contributed by atoms with Gasteiger partial charge < -0.3 is 14.5 Å². The smallest absolute Gasteiger partial charge is 0.410 e. The van der Waals surface area contributed by atoms with Gasteiger partial charge in [0.2, 0.25) is 0 Å². The van der Waals surface area contributed by atoms with Crippen LogP contribution in [0.4, 0.5) is 19.4 Å². The van der Waals surface area contributed by atoms with Gasteiger partial charge in [-0.15, -0.1) is 0 Å². The maximum Gasteiger partial charge on any atom is 0.410 e. The molecular formula is C17H20F2N4O2. The first-order valence-electron chi connectivity index (χ1n) is 8.07. The van der Waals surface area contributed by atoms with Crippen molar-refractivity contribution in [1.82, 2.24) is 14.9 Å². The highest BCUT2D eigenvalue weighted by Gasteiger charge is 2.27. The molecule has 0 bridgehead atoms. The number of benzene rings is 1. The van der Waals surface area contributed by atoms with E-state index in [1.54, 1.807) is 4.90 Å². The summed E-state index contributed by atoms with van der Waals surface area (Å²) >= 11 is 0. The molecule has 3 rings (SSSR count). The number of piperazine rings is 1. The zero-order valence-electron chi connectivity index (χ0n) is 14.4. The lowest BCUT2D eigenvalue weighted by molar-refractivity contribution is 0.0240. The molecule has 0 N–H and O–H groups in total. The molecule has 1 aromatic carbocycles. The van der Waals surface area contributed by atoms with Crippen molar-refractivity contribution in [2.45, 2.75) is 26.4 Å². The molecule has 0 aliphatic carbocycles. The van der Waals surface area contributed by atoms with Gasteiger partial charge in [-0.3, -0.25) is 0 Å². The maximum absolute atomic E-state index is 13.9. The summed E-state index contributed by atoms with van der Waals surface area (Å²) in [5.74, 6) is -0.924. The van der Waals surface area contributed by atoms with Gasteiger partial charge in [0, 0.05) is 37.6 Å². The summed E-state index contributed by atoms with van der Waals surface area (Å²) in [6, 6.07) is 2.04. The number of anilines is 1. The molecule has 1 aliphatic heterocycles. The number of ether oxygens (including phenoxy) is 1. The van der Waals surface area contributed by atoms with E-state index in [4.69, 9.17) is 4.74 Å². The molecule has 1 aliphatic rings. The number of halogens is 2. The molecule has 1 amide bonds. The standard InChI is InChI=1S/C17H20F2N4O2/c1-17(2,3)25-16(24)23-6-4-22(5-7-23)15-12-8-11(18)9-13(19)14(12)20-10-21-15/h8-10H,4-7H2,1-3H3. The fourth-order valence-electron chi connectivity index (χ4n) is 2.76. The molecule has 1 fully saturated rings. The summed E-state index contributed by atoms with van der Waals surface area (Å²) in [4.78, 5) is 23.7. The van der Waals surface area contributed by atoms with Crippen LogP contribution in [0, 0.1) is 11.6 Å². The molecule has 2 aromatic rings. The third kappa shape index (κ3) is 3.78. The number of amides is 1. The van der Waals surface area contributed by atoms with Gasteiger partial charge >= 0.3 is 6.09 Å². The minimum absolute atomic E-state index is 0.0842. The SMILES string of the molecule is CC(C)(C)OC(=O)N1CCN(c2ncnc3c(F)cc(F)cc23)CC1. The zero-order chi connectivity index (χ0) is 18.2. The fraction of sp³-hybridized carbons (Fsp3) is 0.471. The second-order valence-electron chi connectivity index (χ2n) is 6.94. The third-order valence-electron chi connectivity index (χ3n) is 3.87. The van der Waals surface area contributed by atoms with Crippen molar-refractivity contribution in [1.29, 1.82) is 0 Å². The second kappa shape index (κ2) is 6.42. The summed E-state index contributed by atoms with van der Waals surface area (Å²) < 4.78 is 32.9. The molecule has 1 aromatic heterocycles. The fourth-order valence-corrected chi connectivity index (χ4v) is 2.76. The van der Waals surface area contributed by atoms with Gasteiger partial charge in [0.25, 0.3) is 0 Å². The summed E-state index contributed by atoms with van der Waals surface area (Å²) in [5, 5.41) is 0.325. The first-order chi connectivity index (χ1) is 11.7. The first-order valence-corrected chi connectivity index (χ1v) is 8.07. The van der Waals surface area contributed by atoms with Crippen LogP contribution >= 0.6 is 0 Å². The van der Waals surface area contributed by atoms with Gasteiger partial charge in [0.1, 0.15) is 29.1 Å². The minimum atomic E-state index is -0.717. The summed E-state index contributed by atoms with van der Waals surface area (Å²) in [5.41, 5.74) is -0.465. The highest BCUT2D eigenvalue weighted by atomic mass is 19.1. The second-order valence-corrected chi connectivity index (χ2v) is 6.94. The Balaban J connectivity index is 1.78. The van der Waals surface area contributed by atoms with Crippen molar-refractivity contribution >= 4 is 22.8 Å². The lowest BCUT2D eigenvalue weighted by atomic mass is 10.2. The number of hydrogen-bond acceptors (Lipinski definition) is 5. The molecule has 25 heavy (non-hydrogen) atoms. The van der Waals surface area contributed by atoms with Gasteiger partial charge in [0.15, 0.2) is 5.82 Å². The van der Waals surface area contributed by atoms with Crippen LogP contribution in [-0.4, -0.2) is 52.7 Å². The normalized spacial score (nSPS) is 15.6. The van der Waals surface area contributed by atoms with Crippen molar-refractivity contribution in [2.75, 3.05) is 31.1 Å². The average molecular weight is 350 g/mol. The Bertz CT molecular complexity index is 799. The van der Waals surface area contributed by atoms with E-state index in [1.165, 1.54) is 12.4 Å². The molecule has 1 saturated heterocycles. The molecule has 134 valence electrons. The lowest BCUT2D eigenvalue weighted by Crippen LogP contribution is -2.50. The van der Waals surface area contributed by atoms with Crippen LogP contribution in [0.3, 0.4) is 0 Å².